The second kappa shape index (κ2) is 7.14. The molecule has 5 N–H and O–H groups in total. The number of nitrogens with zero attached hydrogens (tertiary/aromatic N) is 1. The van der Waals surface area contributed by atoms with Crippen LogP contribution in [0, 0.1) is 5.92 Å². The van der Waals surface area contributed by atoms with Crippen LogP contribution in [0.5, 0.6) is 11.5 Å². The van der Waals surface area contributed by atoms with Gasteiger partial charge in [-0.05, 0) is 38.1 Å². The highest BCUT2D eigenvalue weighted by Gasteiger charge is 2.64. The maximum absolute atomic E-state index is 11.4. The maximum Gasteiger partial charge on any atom is 0.335 e. The Morgan fingerprint density at radius 2 is 1.94 bits per heavy atom. The summed E-state index contributed by atoms with van der Waals surface area (Å²) < 4.78 is 17.5. The molecule has 10 heteroatoms. The normalized spacial score (nSPS) is 45.3. The summed E-state index contributed by atoms with van der Waals surface area (Å²) in [4.78, 5) is 13.8. The molecule has 0 radical (unpaired) electrons. The van der Waals surface area contributed by atoms with Crippen LogP contribution in [0.4, 0.5) is 0 Å². The molecule has 0 unspecified atom stereocenters. The molecular weight excluding hydrogens is 434 g/mol. The highest BCUT2D eigenvalue weighted by Crippen LogP contribution is 2.62. The van der Waals surface area contributed by atoms with Crippen LogP contribution in [0.25, 0.3) is 0 Å². The third kappa shape index (κ3) is 2.73. The molecule has 3 aliphatic heterocycles. The monoisotopic (exact) mass is 461 g/mol. The second-order valence-electron chi connectivity index (χ2n) is 9.76. The number of ether oxygens (including phenoxy) is 3. The molecule has 0 aromatic heterocycles. The van der Waals surface area contributed by atoms with Crippen LogP contribution in [0.2, 0.25) is 0 Å². The van der Waals surface area contributed by atoms with Crippen LogP contribution in [0.3, 0.4) is 0 Å². The molecule has 10 atom stereocenters. The van der Waals surface area contributed by atoms with Gasteiger partial charge >= 0.3 is 5.97 Å². The molecule has 3 heterocycles. The molecule has 2 fully saturated rings. The van der Waals surface area contributed by atoms with E-state index in [1.54, 1.807) is 12.1 Å². The number of benzene rings is 1. The van der Waals surface area contributed by atoms with E-state index in [9.17, 15) is 30.3 Å². The van der Waals surface area contributed by atoms with Crippen LogP contribution in [0.1, 0.15) is 17.5 Å². The van der Waals surface area contributed by atoms with E-state index >= 15 is 0 Å². The average Bonchev–Trinajstić information content (AvgIpc) is 3.14. The van der Waals surface area contributed by atoms with Crippen molar-refractivity contribution in [3.8, 4) is 11.5 Å². The molecular formula is C23H27NO9. The number of hydrogen-bond donors (Lipinski definition) is 5. The minimum atomic E-state index is -1.80. The van der Waals surface area contributed by atoms with Gasteiger partial charge in [0.05, 0.1) is 0 Å². The van der Waals surface area contributed by atoms with Crippen molar-refractivity contribution in [3.05, 3.63) is 35.4 Å². The Kier molecular flexibility index (Phi) is 4.62. The molecule has 33 heavy (non-hydrogen) atoms. The van der Waals surface area contributed by atoms with Crippen molar-refractivity contribution in [3.63, 3.8) is 0 Å². The lowest BCUT2D eigenvalue weighted by Gasteiger charge is -2.56. The number of aliphatic hydroxyl groups excluding tert-OH is 4. The summed E-state index contributed by atoms with van der Waals surface area (Å²) >= 11 is 0. The molecule has 178 valence electrons. The summed E-state index contributed by atoms with van der Waals surface area (Å²) in [5, 5.41) is 50.6. The van der Waals surface area contributed by atoms with E-state index in [0.717, 1.165) is 30.5 Å². The van der Waals surface area contributed by atoms with Gasteiger partial charge in [0.25, 0.3) is 0 Å². The van der Waals surface area contributed by atoms with E-state index in [-0.39, 0.29) is 17.7 Å². The fraction of sp³-hybridized carbons (Fsp3) is 0.609. The van der Waals surface area contributed by atoms with Gasteiger partial charge in [-0.15, -0.1) is 0 Å². The van der Waals surface area contributed by atoms with Crippen LogP contribution in [-0.2, 0) is 21.4 Å². The van der Waals surface area contributed by atoms with Gasteiger partial charge in [-0.1, -0.05) is 18.2 Å². The minimum absolute atomic E-state index is 0.165. The van der Waals surface area contributed by atoms with Gasteiger partial charge in [-0.2, -0.15) is 0 Å². The SMILES string of the molecule is CN1CC[C@]23c4c5ccc(O[C@@H]6O[C@H](C(=O)O)[C@@H](O)[C@H](O)[C@H]6O)c4O[C@H]2[C@@H](O)C=C[C@@H]3[C@H]1C5. The number of aliphatic carboxylic acids is 1. The molecule has 10 nitrogen and oxygen atoms in total. The third-order valence-corrected chi connectivity index (χ3v) is 8.19. The number of carboxylic acid groups (broad SMARTS) is 1. The average molecular weight is 461 g/mol. The Balaban J connectivity index is 1.41. The number of likely N-dealkylation sites (tertiary alicyclic amines) is 1. The van der Waals surface area contributed by atoms with E-state index in [1.165, 1.54) is 0 Å². The predicted molar refractivity (Wildman–Crippen MR) is 111 cm³/mol. The van der Waals surface area contributed by atoms with Crippen molar-refractivity contribution in [2.75, 3.05) is 13.6 Å². The summed E-state index contributed by atoms with van der Waals surface area (Å²) in [5.74, 6) is -0.625. The van der Waals surface area contributed by atoms with Crippen molar-refractivity contribution >= 4 is 5.97 Å². The largest absolute Gasteiger partial charge is 0.482 e. The highest BCUT2D eigenvalue weighted by atomic mass is 16.7. The third-order valence-electron chi connectivity index (χ3n) is 8.19. The van der Waals surface area contributed by atoms with Gasteiger partial charge < -0.3 is 44.6 Å². The summed E-state index contributed by atoms with van der Waals surface area (Å²) in [6.45, 7) is 0.861. The van der Waals surface area contributed by atoms with Gasteiger partial charge in [0.1, 0.15) is 30.5 Å². The minimum Gasteiger partial charge on any atom is -0.482 e. The quantitative estimate of drug-likeness (QED) is 0.346. The Hall–Kier alpha value is -2.21. The van der Waals surface area contributed by atoms with Gasteiger partial charge in [0, 0.05) is 22.9 Å². The Morgan fingerprint density at radius 1 is 1.15 bits per heavy atom. The number of hydrogen-bond acceptors (Lipinski definition) is 9. The van der Waals surface area contributed by atoms with Crippen LogP contribution >= 0.6 is 0 Å². The summed E-state index contributed by atoms with van der Waals surface area (Å²) in [5.41, 5.74) is 1.70. The molecule has 0 saturated carbocycles. The fourth-order valence-electron chi connectivity index (χ4n) is 6.60. The molecule has 1 aromatic rings. The van der Waals surface area contributed by atoms with Crippen molar-refractivity contribution < 1.29 is 44.5 Å². The van der Waals surface area contributed by atoms with E-state index in [2.05, 4.69) is 18.0 Å². The van der Waals surface area contributed by atoms with Crippen molar-refractivity contribution in [2.45, 2.75) is 67.2 Å². The number of aliphatic hydroxyl groups is 4. The van der Waals surface area contributed by atoms with Gasteiger partial charge in [0.15, 0.2) is 17.6 Å². The first-order valence-electron chi connectivity index (χ1n) is 11.2. The number of carbonyl (C=O) groups is 1. The Morgan fingerprint density at radius 3 is 2.70 bits per heavy atom. The molecule has 0 amide bonds. The molecule has 2 aliphatic carbocycles. The number of carboxylic acids is 1. The van der Waals surface area contributed by atoms with Crippen LogP contribution in [0.15, 0.2) is 24.3 Å². The summed E-state index contributed by atoms with van der Waals surface area (Å²) in [6, 6.07) is 3.90. The van der Waals surface area contributed by atoms with E-state index in [0.29, 0.717) is 5.75 Å². The van der Waals surface area contributed by atoms with E-state index in [4.69, 9.17) is 14.2 Å². The second-order valence-corrected chi connectivity index (χ2v) is 9.76. The van der Waals surface area contributed by atoms with Gasteiger partial charge in [-0.25, -0.2) is 4.79 Å². The summed E-state index contributed by atoms with van der Waals surface area (Å²) in [7, 11) is 2.12. The molecule has 5 aliphatic rings. The molecule has 1 spiro atoms. The highest BCUT2D eigenvalue weighted by molar-refractivity contribution is 5.73. The molecule has 1 aromatic carbocycles. The zero-order chi connectivity index (χ0) is 23.2. The van der Waals surface area contributed by atoms with E-state index in [1.807, 2.05) is 6.07 Å². The van der Waals surface area contributed by atoms with Crippen LogP contribution in [-0.4, -0.2) is 98.9 Å². The van der Waals surface area contributed by atoms with Crippen molar-refractivity contribution in [1.82, 2.24) is 4.90 Å². The van der Waals surface area contributed by atoms with Gasteiger partial charge in [-0.3, -0.25) is 0 Å². The van der Waals surface area contributed by atoms with Crippen molar-refractivity contribution in [1.29, 1.82) is 0 Å². The first-order chi connectivity index (χ1) is 15.7. The van der Waals surface area contributed by atoms with Crippen LogP contribution < -0.4 is 9.47 Å². The lowest BCUT2D eigenvalue weighted by molar-refractivity contribution is -0.271. The number of piperidine rings is 1. The summed E-state index contributed by atoms with van der Waals surface area (Å²) in [6.07, 6.45) is -4.29. The maximum atomic E-state index is 11.4. The van der Waals surface area contributed by atoms with Gasteiger partial charge in [0.2, 0.25) is 6.29 Å². The molecule has 2 saturated heterocycles. The van der Waals surface area contributed by atoms with E-state index < -0.39 is 54.3 Å². The lowest BCUT2D eigenvalue weighted by Crippen LogP contribution is -2.64. The molecule has 6 rings (SSSR count). The topological polar surface area (TPSA) is 149 Å². The first-order valence-corrected chi connectivity index (χ1v) is 11.2. The lowest BCUT2D eigenvalue weighted by atomic mass is 9.53. The predicted octanol–water partition coefficient (Wildman–Crippen LogP) is -1.24. The zero-order valence-electron chi connectivity index (χ0n) is 17.9. The first kappa shape index (κ1) is 21.3. The van der Waals surface area contributed by atoms with Crippen molar-refractivity contribution in [2.24, 2.45) is 5.92 Å². The molecule has 2 bridgehead atoms. The Bertz CT molecular complexity index is 1030. The fourth-order valence-corrected chi connectivity index (χ4v) is 6.60. The standard InChI is InChI=1S/C23H27NO9/c1-24-7-6-23-10-3-4-12(25)20(23)32-18-13(5-2-9(14(18)23)8-11(10)24)31-22-17(28)15(26)16(27)19(33-22)21(29)30/h2-5,10-12,15-17,19-20,22,25-28H,6-8H2,1H3,(H,29,30)/t10-,11-,12+,15+,16+,17-,19+,20+,22-,23+/m1/s1. The smallest absolute Gasteiger partial charge is 0.335 e. The number of likely N-dealkylation sites (N-methyl/N-ethyl adjacent to an activating group) is 1. The Labute approximate surface area is 189 Å². The zero-order valence-corrected chi connectivity index (χ0v) is 17.9. The number of rotatable bonds is 3.